The van der Waals surface area contributed by atoms with Gasteiger partial charge >= 0.3 is 0 Å². The van der Waals surface area contributed by atoms with Crippen molar-refractivity contribution in [3.05, 3.63) is 65.6 Å². The van der Waals surface area contributed by atoms with Crippen molar-refractivity contribution in [2.24, 2.45) is 0 Å². The normalized spacial score (nSPS) is 14.6. The molecule has 1 saturated heterocycles. The highest BCUT2D eigenvalue weighted by Gasteiger charge is 2.21. The summed E-state index contributed by atoms with van der Waals surface area (Å²) in [6.45, 7) is 2.08. The molecule has 1 N–H and O–H groups in total. The van der Waals surface area contributed by atoms with Gasteiger partial charge < -0.3 is 15.0 Å². The number of pyridine rings is 2. The van der Waals surface area contributed by atoms with Gasteiger partial charge in [-0.1, -0.05) is 12.1 Å². The third-order valence-corrected chi connectivity index (χ3v) is 5.69. The zero-order chi connectivity index (χ0) is 20.9. The molecule has 4 rings (SSSR count). The van der Waals surface area contributed by atoms with Gasteiger partial charge in [0.15, 0.2) is 0 Å². The second-order valence-electron chi connectivity index (χ2n) is 7.94. The number of nitrogens with one attached hydrogen (secondary N) is 1. The van der Waals surface area contributed by atoms with Gasteiger partial charge in [-0.2, -0.15) is 0 Å². The Balaban J connectivity index is 1.47. The number of benzene rings is 1. The molecule has 1 aliphatic heterocycles. The summed E-state index contributed by atoms with van der Waals surface area (Å²) in [6.07, 6.45) is 6.27. The third kappa shape index (κ3) is 4.60. The highest BCUT2D eigenvalue weighted by Crippen LogP contribution is 2.32. The summed E-state index contributed by atoms with van der Waals surface area (Å²) in [6, 6.07) is 12.2. The Morgan fingerprint density at radius 3 is 2.67 bits per heavy atom. The molecule has 0 atom stereocenters. The summed E-state index contributed by atoms with van der Waals surface area (Å²) >= 11 is 0. The van der Waals surface area contributed by atoms with Crippen molar-refractivity contribution in [3.8, 4) is 0 Å². The monoisotopic (exact) mass is 404 g/mol. The fourth-order valence-electron chi connectivity index (χ4n) is 3.93. The molecule has 0 bridgehead atoms. The van der Waals surface area contributed by atoms with Gasteiger partial charge in [0.1, 0.15) is 5.69 Å². The summed E-state index contributed by atoms with van der Waals surface area (Å²) in [5, 5.41) is 4.06. The van der Waals surface area contributed by atoms with E-state index in [4.69, 9.17) is 4.74 Å². The Kier molecular flexibility index (Phi) is 6.23. The lowest BCUT2D eigenvalue weighted by atomic mass is 9.89. The van der Waals surface area contributed by atoms with Gasteiger partial charge in [-0.05, 0) is 60.6 Å². The lowest BCUT2D eigenvalue weighted by molar-refractivity contribution is 0.0855. The molecule has 1 aliphatic rings. The van der Waals surface area contributed by atoms with Gasteiger partial charge in [-0.25, -0.2) is 4.98 Å². The predicted octanol–water partition coefficient (Wildman–Crippen LogP) is 3.56. The molecule has 0 unspecified atom stereocenters. The minimum Gasteiger partial charge on any atom is -0.381 e. The van der Waals surface area contributed by atoms with Crippen molar-refractivity contribution in [1.82, 2.24) is 15.3 Å². The lowest BCUT2D eigenvalue weighted by Gasteiger charge is -2.24. The van der Waals surface area contributed by atoms with Crippen LogP contribution in [0.25, 0.3) is 10.9 Å². The summed E-state index contributed by atoms with van der Waals surface area (Å²) in [5.74, 6) is 0.238. The zero-order valence-corrected chi connectivity index (χ0v) is 17.6. The van der Waals surface area contributed by atoms with Crippen molar-refractivity contribution in [2.45, 2.75) is 25.2 Å². The lowest BCUT2D eigenvalue weighted by Crippen LogP contribution is -2.27. The second-order valence-corrected chi connectivity index (χ2v) is 7.94. The number of carbonyl (C=O) groups excluding carboxylic acids is 1. The number of hydrogen-bond acceptors (Lipinski definition) is 5. The van der Waals surface area contributed by atoms with Crippen molar-refractivity contribution in [2.75, 3.05) is 38.8 Å². The number of carbonyl (C=O) groups is 1. The molecule has 1 amide bonds. The third-order valence-electron chi connectivity index (χ3n) is 5.69. The molecular weight excluding hydrogens is 376 g/mol. The highest BCUT2D eigenvalue weighted by atomic mass is 16.5. The number of amides is 1. The number of fused-ring (bicyclic) bond motifs is 1. The molecule has 0 aliphatic carbocycles. The number of aromatic nitrogens is 2. The minimum atomic E-state index is -0.132. The summed E-state index contributed by atoms with van der Waals surface area (Å²) < 4.78 is 5.51. The Bertz CT molecular complexity index is 1010. The van der Waals surface area contributed by atoms with Crippen LogP contribution in [0.4, 0.5) is 5.69 Å². The van der Waals surface area contributed by atoms with Crippen LogP contribution in [0.3, 0.4) is 0 Å². The largest absolute Gasteiger partial charge is 0.381 e. The molecule has 30 heavy (non-hydrogen) atoms. The number of nitrogens with zero attached hydrogens (tertiary/aromatic N) is 3. The molecule has 1 fully saturated rings. The SMILES string of the molecule is CN(C)c1ccc(CCNC(=O)c2cc(C3CCOCC3)c3cnccc3n2)cc1. The van der Waals surface area contributed by atoms with E-state index in [-0.39, 0.29) is 5.91 Å². The number of ether oxygens (including phenoxy) is 1. The molecule has 6 heteroatoms. The molecule has 156 valence electrons. The number of anilines is 1. The average Bonchev–Trinajstić information content (AvgIpc) is 2.79. The van der Waals surface area contributed by atoms with Gasteiger partial charge in [0.05, 0.1) is 5.52 Å². The molecule has 0 radical (unpaired) electrons. The standard InChI is InChI=1S/C24H28N4O2/c1-28(2)19-5-3-17(4-6-19)7-12-26-24(29)23-15-20(18-9-13-30-14-10-18)21-16-25-11-8-22(21)27-23/h3-6,8,11,15-16,18H,7,9-10,12-14H2,1-2H3,(H,26,29). The summed E-state index contributed by atoms with van der Waals surface area (Å²) in [5.41, 5.74) is 4.80. The molecular formula is C24H28N4O2. The maximum absolute atomic E-state index is 12.8. The van der Waals surface area contributed by atoms with Gasteiger partial charge in [0.25, 0.3) is 5.91 Å². The first-order chi connectivity index (χ1) is 14.6. The van der Waals surface area contributed by atoms with Crippen LogP contribution in [-0.2, 0) is 11.2 Å². The van der Waals surface area contributed by atoms with Crippen LogP contribution in [0.2, 0.25) is 0 Å². The smallest absolute Gasteiger partial charge is 0.269 e. The van der Waals surface area contributed by atoms with E-state index < -0.39 is 0 Å². The molecule has 3 heterocycles. The molecule has 6 nitrogen and oxygen atoms in total. The van der Waals surface area contributed by atoms with Gasteiger partial charge in [-0.3, -0.25) is 9.78 Å². The topological polar surface area (TPSA) is 67.4 Å². The predicted molar refractivity (Wildman–Crippen MR) is 119 cm³/mol. The van der Waals surface area contributed by atoms with Crippen molar-refractivity contribution >= 4 is 22.5 Å². The van der Waals surface area contributed by atoms with Crippen LogP contribution in [-0.4, -0.2) is 49.7 Å². The van der Waals surface area contributed by atoms with E-state index in [1.54, 1.807) is 6.20 Å². The van der Waals surface area contributed by atoms with Crippen molar-refractivity contribution in [3.63, 3.8) is 0 Å². The Morgan fingerprint density at radius 2 is 1.93 bits per heavy atom. The molecule has 0 saturated carbocycles. The maximum Gasteiger partial charge on any atom is 0.269 e. The van der Waals surface area contributed by atoms with E-state index in [1.807, 2.05) is 32.4 Å². The van der Waals surface area contributed by atoms with E-state index in [2.05, 4.69) is 44.5 Å². The molecule has 2 aromatic heterocycles. The molecule has 1 aromatic carbocycles. The average molecular weight is 405 g/mol. The van der Waals surface area contributed by atoms with Crippen LogP contribution in [0, 0.1) is 0 Å². The Morgan fingerprint density at radius 1 is 1.17 bits per heavy atom. The van der Waals surface area contributed by atoms with E-state index >= 15 is 0 Å². The fraction of sp³-hybridized carbons (Fsp3) is 0.375. The first-order valence-corrected chi connectivity index (χ1v) is 10.5. The van der Waals surface area contributed by atoms with Crippen LogP contribution >= 0.6 is 0 Å². The first kappa shape index (κ1) is 20.3. The van der Waals surface area contributed by atoms with E-state index in [1.165, 1.54) is 11.3 Å². The van der Waals surface area contributed by atoms with Crippen molar-refractivity contribution in [1.29, 1.82) is 0 Å². The first-order valence-electron chi connectivity index (χ1n) is 10.5. The Hall–Kier alpha value is -2.99. The highest BCUT2D eigenvalue weighted by molar-refractivity contribution is 5.96. The van der Waals surface area contributed by atoms with Crippen LogP contribution in [0.5, 0.6) is 0 Å². The zero-order valence-electron chi connectivity index (χ0n) is 17.6. The Labute approximate surface area is 177 Å². The summed E-state index contributed by atoms with van der Waals surface area (Å²) in [7, 11) is 4.05. The molecule has 0 spiro atoms. The van der Waals surface area contributed by atoms with Gasteiger partial charge in [0, 0.05) is 57.3 Å². The minimum absolute atomic E-state index is 0.132. The molecule has 3 aromatic rings. The van der Waals surface area contributed by atoms with E-state index in [0.717, 1.165) is 48.9 Å². The number of hydrogen-bond donors (Lipinski definition) is 1. The van der Waals surface area contributed by atoms with Crippen LogP contribution < -0.4 is 10.2 Å². The summed E-state index contributed by atoms with van der Waals surface area (Å²) in [4.78, 5) is 23.8. The van der Waals surface area contributed by atoms with Gasteiger partial charge in [0.2, 0.25) is 0 Å². The van der Waals surface area contributed by atoms with Crippen LogP contribution in [0.1, 0.15) is 40.4 Å². The van der Waals surface area contributed by atoms with E-state index in [9.17, 15) is 4.79 Å². The number of rotatable bonds is 6. The maximum atomic E-state index is 12.8. The van der Waals surface area contributed by atoms with Crippen molar-refractivity contribution < 1.29 is 9.53 Å². The fourth-order valence-corrected chi connectivity index (χ4v) is 3.93. The van der Waals surface area contributed by atoms with E-state index in [0.29, 0.717) is 18.2 Å². The quantitative estimate of drug-likeness (QED) is 0.680. The van der Waals surface area contributed by atoms with Crippen LogP contribution in [0.15, 0.2) is 48.8 Å². The van der Waals surface area contributed by atoms with Gasteiger partial charge in [-0.15, -0.1) is 0 Å². The second kappa shape index (κ2) is 9.22.